The van der Waals surface area contributed by atoms with Crippen molar-refractivity contribution in [2.45, 2.75) is 13.5 Å². The lowest BCUT2D eigenvalue weighted by Gasteiger charge is -2.03. The van der Waals surface area contributed by atoms with Crippen LogP contribution < -0.4 is 10.1 Å². The molecule has 0 radical (unpaired) electrons. The van der Waals surface area contributed by atoms with E-state index in [1.54, 1.807) is 7.11 Å². The van der Waals surface area contributed by atoms with Crippen molar-refractivity contribution in [1.82, 2.24) is 10.3 Å². The number of ether oxygens (including phenoxy) is 1. The summed E-state index contributed by atoms with van der Waals surface area (Å²) in [7, 11) is 1.65. The Morgan fingerprint density at radius 1 is 1.29 bits per heavy atom. The lowest BCUT2D eigenvalue weighted by atomic mass is 10.1. The molecule has 1 aromatic heterocycles. The van der Waals surface area contributed by atoms with Gasteiger partial charge >= 0.3 is 0 Å². The Morgan fingerprint density at radius 3 is 2.71 bits per heavy atom. The average molecular weight is 232 g/mol. The van der Waals surface area contributed by atoms with Gasteiger partial charge in [-0.3, -0.25) is 0 Å². The predicted molar refractivity (Wildman–Crippen MR) is 65.9 cm³/mol. The molecule has 1 N–H and O–H groups in total. The molecule has 4 nitrogen and oxygen atoms in total. The first-order valence-corrected chi connectivity index (χ1v) is 5.62. The second kappa shape index (κ2) is 5.50. The van der Waals surface area contributed by atoms with Gasteiger partial charge in [-0.15, -0.1) is 0 Å². The molecule has 0 fully saturated rings. The fraction of sp³-hybridized carbons (Fsp3) is 0.308. The maximum Gasteiger partial charge on any atom is 0.181 e. The SMILES string of the molecule is CCNCc1ncoc1-c1ccc(OC)cc1. The van der Waals surface area contributed by atoms with Crippen LogP contribution in [0.2, 0.25) is 0 Å². The molecular formula is C13H16N2O2. The van der Waals surface area contributed by atoms with Crippen LogP contribution in [-0.4, -0.2) is 18.6 Å². The summed E-state index contributed by atoms with van der Waals surface area (Å²) in [4.78, 5) is 4.21. The van der Waals surface area contributed by atoms with Crippen molar-refractivity contribution < 1.29 is 9.15 Å². The van der Waals surface area contributed by atoms with Gasteiger partial charge in [0.2, 0.25) is 0 Å². The number of rotatable bonds is 5. The van der Waals surface area contributed by atoms with E-state index in [0.717, 1.165) is 29.3 Å². The van der Waals surface area contributed by atoms with Gasteiger partial charge < -0.3 is 14.5 Å². The molecule has 1 aromatic carbocycles. The summed E-state index contributed by atoms with van der Waals surface area (Å²) in [5, 5.41) is 3.24. The second-order valence-electron chi connectivity index (χ2n) is 3.64. The molecule has 17 heavy (non-hydrogen) atoms. The van der Waals surface area contributed by atoms with Gasteiger partial charge in [0.25, 0.3) is 0 Å². The molecule has 4 heteroatoms. The quantitative estimate of drug-likeness (QED) is 0.860. The van der Waals surface area contributed by atoms with Crippen molar-refractivity contribution in [2.24, 2.45) is 0 Å². The monoisotopic (exact) mass is 232 g/mol. The van der Waals surface area contributed by atoms with E-state index in [-0.39, 0.29) is 0 Å². The lowest BCUT2D eigenvalue weighted by Crippen LogP contribution is -2.12. The molecule has 0 aliphatic rings. The van der Waals surface area contributed by atoms with Gasteiger partial charge in [-0.25, -0.2) is 4.98 Å². The van der Waals surface area contributed by atoms with Crippen LogP contribution in [0, 0.1) is 0 Å². The Kier molecular flexibility index (Phi) is 3.77. The fourth-order valence-corrected chi connectivity index (χ4v) is 1.62. The van der Waals surface area contributed by atoms with Gasteiger partial charge in [0.15, 0.2) is 12.2 Å². The summed E-state index contributed by atoms with van der Waals surface area (Å²) < 4.78 is 10.6. The van der Waals surface area contributed by atoms with Crippen LogP contribution in [0.1, 0.15) is 12.6 Å². The molecule has 0 aliphatic carbocycles. The highest BCUT2D eigenvalue weighted by Crippen LogP contribution is 2.25. The Labute approximate surface area is 101 Å². The maximum absolute atomic E-state index is 5.43. The van der Waals surface area contributed by atoms with Gasteiger partial charge in [-0.1, -0.05) is 6.92 Å². The van der Waals surface area contributed by atoms with Crippen molar-refractivity contribution in [3.63, 3.8) is 0 Å². The molecule has 0 spiro atoms. The van der Waals surface area contributed by atoms with Crippen LogP contribution >= 0.6 is 0 Å². The summed E-state index contributed by atoms with van der Waals surface area (Å²) in [5.74, 6) is 1.65. The zero-order valence-corrected chi connectivity index (χ0v) is 10.1. The number of methoxy groups -OCH3 is 1. The molecule has 2 aromatic rings. The molecule has 0 aliphatic heterocycles. The van der Waals surface area contributed by atoms with Crippen molar-refractivity contribution in [3.8, 4) is 17.1 Å². The van der Waals surface area contributed by atoms with Crippen LogP contribution in [0.25, 0.3) is 11.3 Å². The normalized spacial score (nSPS) is 10.5. The third-order valence-corrected chi connectivity index (χ3v) is 2.54. The summed E-state index contributed by atoms with van der Waals surface area (Å²) >= 11 is 0. The molecule has 90 valence electrons. The Morgan fingerprint density at radius 2 is 2.06 bits per heavy atom. The van der Waals surface area contributed by atoms with Crippen LogP contribution in [0.4, 0.5) is 0 Å². The smallest absolute Gasteiger partial charge is 0.181 e. The minimum atomic E-state index is 0.717. The molecule has 0 saturated heterocycles. The minimum absolute atomic E-state index is 0.717. The lowest BCUT2D eigenvalue weighted by molar-refractivity contribution is 0.415. The first kappa shape index (κ1) is 11.7. The van der Waals surface area contributed by atoms with Crippen molar-refractivity contribution in [1.29, 1.82) is 0 Å². The van der Waals surface area contributed by atoms with E-state index >= 15 is 0 Å². The number of hydrogen-bond donors (Lipinski definition) is 1. The van der Waals surface area contributed by atoms with Gasteiger partial charge in [-0.2, -0.15) is 0 Å². The van der Waals surface area contributed by atoms with Crippen molar-refractivity contribution in [3.05, 3.63) is 36.4 Å². The molecule has 0 bridgehead atoms. The number of nitrogens with one attached hydrogen (secondary N) is 1. The number of nitrogens with zero attached hydrogens (tertiary/aromatic N) is 1. The summed E-state index contributed by atoms with van der Waals surface area (Å²) in [6.07, 6.45) is 1.48. The van der Waals surface area contributed by atoms with Crippen LogP contribution in [-0.2, 0) is 6.54 Å². The van der Waals surface area contributed by atoms with E-state index in [4.69, 9.17) is 9.15 Å². The third kappa shape index (κ3) is 2.65. The van der Waals surface area contributed by atoms with E-state index < -0.39 is 0 Å². The Balaban J connectivity index is 2.23. The first-order chi connectivity index (χ1) is 8.35. The number of hydrogen-bond acceptors (Lipinski definition) is 4. The van der Waals surface area contributed by atoms with Gasteiger partial charge in [0.05, 0.1) is 7.11 Å². The molecule has 0 atom stereocenters. The fourth-order valence-electron chi connectivity index (χ4n) is 1.62. The highest BCUT2D eigenvalue weighted by Gasteiger charge is 2.09. The zero-order valence-electron chi connectivity index (χ0n) is 10.1. The first-order valence-electron chi connectivity index (χ1n) is 5.62. The number of oxazole rings is 1. The van der Waals surface area contributed by atoms with Gasteiger partial charge in [0, 0.05) is 12.1 Å². The maximum atomic E-state index is 5.43. The van der Waals surface area contributed by atoms with E-state index in [2.05, 4.69) is 17.2 Å². The Hall–Kier alpha value is -1.81. The van der Waals surface area contributed by atoms with E-state index in [0.29, 0.717) is 6.54 Å². The van der Waals surface area contributed by atoms with Crippen molar-refractivity contribution >= 4 is 0 Å². The molecule has 0 saturated carbocycles. The van der Waals surface area contributed by atoms with Crippen LogP contribution in [0.3, 0.4) is 0 Å². The molecule has 2 rings (SSSR count). The second-order valence-corrected chi connectivity index (χ2v) is 3.64. The summed E-state index contributed by atoms with van der Waals surface area (Å²) in [5.41, 5.74) is 1.94. The largest absolute Gasteiger partial charge is 0.497 e. The van der Waals surface area contributed by atoms with Crippen LogP contribution in [0.5, 0.6) is 5.75 Å². The zero-order chi connectivity index (χ0) is 12.1. The standard InChI is InChI=1S/C13H16N2O2/c1-3-14-8-12-13(17-9-15-12)10-4-6-11(16-2)7-5-10/h4-7,9,14H,3,8H2,1-2H3. The molecule has 0 unspecified atom stereocenters. The van der Waals surface area contributed by atoms with E-state index in [9.17, 15) is 0 Å². The summed E-state index contributed by atoms with van der Waals surface area (Å²) in [6, 6.07) is 7.76. The predicted octanol–water partition coefficient (Wildman–Crippen LogP) is 2.46. The molecule has 0 amide bonds. The van der Waals surface area contributed by atoms with Gasteiger partial charge in [-0.05, 0) is 30.8 Å². The van der Waals surface area contributed by atoms with E-state index in [1.165, 1.54) is 6.39 Å². The molecule has 1 heterocycles. The number of aromatic nitrogens is 1. The average Bonchev–Trinajstić information content (AvgIpc) is 2.84. The Bertz CT molecular complexity index is 463. The van der Waals surface area contributed by atoms with Crippen molar-refractivity contribution in [2.75, 3.05) is 13.7 Å². The molecular weight excluding hydrogens is 216 g/mol. The summed E-state index contributed by atoms with van der Waals surface area (Å²) in [6.45, 7) is 3.69. The number of benzene rings is 1. The highest BCUT2D eigenvalue weighted by molar-refractivity contribution is 5.60. The van der Waals surface area contributed by atoms with Crippen LogP contribution in [0.15, 0.2) is 35.1 Å². The van der Waals surface area contributed by atoms with E-state index in [1.807, 2.05) is 24.3 Å². The minimum Gasteiger partial charge on any atom is -0.497 e. The topological polar surface area (TPSA) is 47.3 Å². The van der Waals surface area contributed by atoms with Gasteiger partial charge in [0.1, 0.15) is 11.4 Å². The third-order valence-electron chi connectivity index (χ3n) is 2.54. The highest BCUT2D eigenvalue weighted by atomic mass is 16.5.